The Hall–Kier alpha value is -1.59. The van der Waals surface area contributed by atoms with Gasteiger partial charge in [0.1, 0.15) is 5.69 Å². The molecular weight excluding hydrogens is 187 g/mol. The maximum absolute atomic E-state index is 12.8. The number of pyridine rings is 1. The van der Waals surface area contributed by atoms with Crippen molar-refractivity contribution in [3.63, 3.8) is 0 Å². The van der Waals surface area contributed by atoms with Crippen LogP contribution in [-0.2, 0) is 0 Å². The molecule has 0 amide bonds. The lowest BCUT2D eigenvalue weighted by Crippen LogP contribution is -2.01. The highest BCUT2D eigenvalue weighted by Crippen LogP contribution is 2.28. The average Bonchev–Trinajstić information content (AvgIpc) is 2.08. The lowest BCUT2D eigenvalue weighted by molar-refractivity contribution is 0.109. The van der Waals surface area contributed by atoms with E-state index >= 15 is 0 Å². The van der Waals surface area contributed by atoms with Crippen LogP contribution in [0.1, 0.15) is 22.5 Å². The van der Waals surface area contributed by atoms with E-state index in [0.29, 0.717) is 6.20 Å². The summed E-state index contributed by atoms with van der Waals surface area (Å²) in [5.74, 6) is -2.51. The van der Waals surface area contributed by atoms with Gasteiger partial charge >= 0.3 is 0 Å². The van der Waals surface area contributed by atoms with Gasteiger partial charge in [0.15, 0.2) is 17.9 Å². The normalized spacial score (nSPS) is 10.5. The van der Waals surface area contributed by atoms with E-state index in [1.807, 2.05) is 0 Å². The summed E-state index contributed by atoms with van der Waals surface area (Å²) in [7, 11) is 0. The molecule has 0 aliphatic rings. The van der Waals surface area contributed by atoms with Gasteiger partial charge in [0.2, 0.25) is 0 Å². The van der Waals surface area contributed by atoms with Gasteiger partial charge in [0.25, 0.3) is 6.43 Å². The number of hydrogen-bond acceptors (Lipinski definition) is 3. The second-order valence-electron chi connectivity index (χ2n) is 2.17. The number of aromatic hydroxyl groups is 1. The van der Waals surface area contributed by atoms with Crippen molar-refractivity contribution in [3.8, 4) is 5.75 Å². The fraction of sp³-hybridized carbons (Fsp3) is 0.143. The minimum absolute atomic E-state index is 0.00398. The molecule has 1 aromatic heterocycles. The molecule has 0 saturated carbocycles. The molecule has 1 heterocycles. The molecule has 1 N–H and O–H groups in total. The van der Waals surface area contributed by atoms with E-state index in [-0.39, 0.29) is 6.29 Å². The maximum Gasteiger partial charge on any atom is 0.269 e. The Morgan fingerprint density at radius 2 is 2.15 bits per heavy atom. The number of aldehydes is 1. The number of aromatic nitrogens is 1. The Morgan fingerprint density at radius 3 is 2.62 bits per heavy atom. The maximum atomic E-state index is 12.8. The van der Waals surface area contributed by atoms with E-state index in [0.717, 1.165) is 0 Å². The zero-order valence-electron chi connectivity index (χ0n) is 6.17. The van der Waals surface area contributed by atoms with E-state index in [9.17, 15) is 18.0 Å². The van der Waals surface area contributed by atoms with Crippen LogP contribution in [0, 0.1) is 5.82 Å². The quantitative estimate of drug-likeness (QED) is 0.723. The molecule has 3 nitrogen and oxygen atoms in total. The van der Waals surface area contributed by atoms with Crippen molar-refractivity contribution in [2.75, 3.05) is 0 Å². The van der Waals surface area contributed by atoms with E-state index in [2.05, 4.69) is 4.98 Å². The lowest BCUT2D eigenvalue weighted by Gasteiger charge is -2.04. The third-order valence-corrected chi connectivity index (χ3v) is 1.39. The van der Waals surface area contributed by atoms with Crippen molar-refractivity contribution in [2.24, 2.45) is 0 Å². The topological polar surface area (TPSA) is 50.2 Å². The summed E-state index contributed by atoms with van der Waals surface area (Å²) >= 11 is 0. The number of alkyl halides is 2. The van der Waals surface area contributed by atoms with Crippen LogP contribution < -0.4 is 0 Å². The second-order valence-corrected chi connectivity index (χ2v) is 2.17. The largest absolute Gasteiger partial charge is 0.504 e. The van der Waals surface area contributed by atoms with Crippen LogP contribution in [0.3, 0.4) is 0 Å². The Morgan fingerprint density at radius 1 is 1.54 bits per heavy atom. The summed E-state index contributed by atoms with van der Waals surface area (Å²) in [4.78, 5) is 13.3. The lowest BCUT2D eigenvalue weighted by atomic mass is 10.2. The third kappa shape index (κ3) is 1.61. The zero-order valence-corrected chi connectivity index (χ0v) is 6.17. The van der Waals surface area contributed by atoms with Gasteiger partial charge in [-0.3, -0.25) is 4.79 Å². The van der Waals surface area contributed by atoms with Gasteiger partial charge < -0.3 is 5.11 Å². The molecule has 70 valence electrons. The smallest absolute Gasteiger partial charge is 0.269 e. The van der Waals surface area contributed by atoms with Crippen molar-refractivity contribution in [3.05, 3.63) is 23.3 Å². The molecule has 0 spiro atoms. The van der Waals surface area contributed by atoms with E-state index in [1.54, 1.807) is 0 Å². The summed E-state index contributed by atoms with van der Waals surface area (Å²) in [6.07, 6.45) is -2.57. The highest BCUT2D eigenvalue weighted by atomic mass is 19.3. The first-order valence-corrected chi connectivity index (χ1v) is 3.18. The van der Waals surface area contributed by atoms with Gasteiger partial charge in [0.05, 0.1) is 11.8 Å². The average molecular weight is 191 g/mol. The van der Waals surface area contributed by atoms with Gasteiger partial charge in [-0.25, -0.2) is 18.2 Å². The monoisotopic (exact) mass is 191 g/mol. The number of carbonyl (C=O) groups excluding carboxylic acids is 1. The summed E-state index contributed by atoms with van der Waals surface area (Å²) in [5.41, 5.74) is -1.87. The fourth-order valence-corrected chi connectivity index (χ4v) is 0.809. The highest BCUT2D eigenvalue weighted by Gasteiger charge is 2.22. The van der Waals surface area contributed by atoms with Crippen LogP contribution in [0.4, 0.5) is 13.2 Å². The molecule has 0 unspecified atom stereocenters. The van der Waals surface area contributed by atoms with Crippen LogP contribution in [0.15, 0.2) is 6.20 Å². The van der Waals surface area contributed by atoms with Crippen LogP contribution in [0.5, 0.6) is 5.75 Å². The first kappa shape index (κ1) is 9.50. The first-order chi connectivity index (χ1) is 6.07. The highest BCUT2D eigenvalue weighted by molar-refractivity contribution is 5.74. The SMILES string of the molecule is O=Cc1ncc(O)c(F)c1C(F)F. The van der Waals surface area contributed by atoms with Crippen molar-refractivity contribution in [1.29, 1.82) is 0 Å². The standard InChI is InChI=1S/C7H4F3NO2/c8-6-4(13)1-11-3(2-12)5(6)7(9)10/h1-2,7,13H. The summed E-state index contributed by atoms with van der Waals surface area (Å²) in [5, 5.41) is 8.68. The number of carbonyl (C=O) groups is 1. The molecule has 1 rings (SSSR count). The molecule has 0 saturated heterocycles. The van der Waals surface area contributed by atoms with Crippen LogP contribution in [0.2, 0.25) is 0 Å². The molecule has 0 aliphatic heterocycles. The van der Waals surface area contributed by atoms with E-state index in [1.165, 1.54) is 0 Å². The van der Waals surface area contributed by atoms with Crippen LogP contribution in [0.25, 0.3) is 0 Å². The molecule has 13 heavy (non-hydrogen) atoms. The van der Waals surface area contributed by atoms with Gasteiger partial charge in [-0.15, -0.1) is 0 Å². The minimum Gasteiger partial charge on any atom is -0.504 e. The molecule has 0 aliphatic carbocycles. The summed E-state index contributed by atoms with van der Waals surface area (Å²) < 4.78 is 37.0. The number of rotatable bonds is 2. The molecule has 0 atom stereocenters. The second kappa shape index (κ2) is 3.42. The predicted molar refractivity (Wildman–Crippen MR) is 36.2 cm³/mol. The minimum atomic E-state index is -3.18. The number of halogens is 3. The Kier molecular flexibility index (Phi) is 2.50. The Bertz CT molecular complexity index is 341. The molecule has 0 radical (unpaired) electrons. The van der Waals surface area contributed by atoms with Crippen LogP contribution >= 0.6 is 0 Å². The van der Waals surface area contributed by atoms with Crippen LogP contribution in [-0.4, -0.2) is 16.4 Å². The zero-order chi connectivity index (χ0) is 10.0. The Labute approximate surface area is 70.8 Å². The van der Waals surface area contributed by atoms with Gasteiger partial charge in [-0.1, -0.05) is 0 Å². The van der Waals surface area contributed by atoms with E-state index < -0.39 is 29.2 Å². The van der Waals surface area contributed by atoms with Crippen molar-refractivity contribution >= 4 is 6.29 Å². The molecular formula is C7H4F3NO2. The first-order valence-electron chi connectivity index (χ1n) is 3.18. The van der Waals surface area contributed by atoms with Gasteiger partial charge in [-0.05, 0) is 0 Å². The van der Waals surface area contributed by atoms with Gasteiger partial charge in [-0.2, -0.15) is 0 Å². The third-order valence-electron chi connectivity index (χ3n) is 1.39. The molecule has 1 aromatic rings. The summed E-state index contributed by atoms with van der Waals surface area (Å²) in [6.45, 7) is 0. The molecule has 0 bridgehead atoms. The Balaban J connectivity index is 3.41. The number of nitrogens with zero attached hydrogens (tertiary/aromatic N) is 1. The fourth-order valence-electron chi connectivity index (χ4n) is 0.809. The van der Waals surface area contributed by atoms with Gasteiger partial charge in [0, 0.05) is 0 Å². The van der Waals surface area contributed by atoms with E-state index in [4.69, 9.17) is 5.11 Å². The molecule has 6 heteroatoms. The van der Waals surface area contributed by atoms with Crippen molar-refractivity contribution < 1.29 is 23.1 Å². The molecule has 0 aromatic carbocycles. The predicted octanol–water partition coefficient (Wildman–Crippen LogP) is 1.68. The number of hydrogen-bond donors (Lipinski definition) is 1. The van der Waals surface area contributed by atoms with Crippen molar-refractivity contribution in [2.45, 2.75) is 6.43 Å². The summed E-state index contributed by atoms with van der Waals surface area (Å²) in [6, 6.07) is 0. The molecule has 0 fully saturated rings. The van der Waals surface area contributed by atoms with Crippen molar-refractivity contribution in [1.82, 2.24) is 4.98 Å².